The fraction of sp³-hybridized carbons (Fsp3) is 0.316. The SMILES string of the molecule is COc1cc(/C=C/C(=O)N[C@@H](c2cccs2)C(C)C)cc(Cl)c1OC. The summed E-state index contributed by atoms with van der Waals surface area (Å²) >= 11 is 7.82. The van der Waals surface area contributed by atoms with Crippen LogP contribution in [0.2, 0.25) is 5.02 Å². The molecule has 1 aromatic heterocycles. The van der Waals surface area contributed by atoms with Crippen LogP contribution in [0, 0.1) is 5.92 Å². The fourth-order valence-corrected chi connectivity index (χ4v) is 3.69. The second kappa shape index (κ2) is 8.92. The molecule has 0 aliphatic rings. The van der Waals surface area contributed by atoms with Crippen LogP contribution >= 0.6 is 22.9 Å². The summed E-state index contributed by atoms with van der Waals surface area (Å²) in [4.78, 5) is 13.5. The molecule has 0 aliphatic carbocycles. The number of benzene rings is 1. The third-order valence-electron chi connectivity index (χ3n) is 3.70. The predicted molar refractivity (Wildman–Crippen MR) is 104 cm³/mol. The molecule has 0 fully saturated rings. The van der Waals surface area contributed by atoms with E-state index in [4.69, 9.17) is 21.1 Å². The first-order valence-corrected chi connectivity index (χ1v) is 9.15. The zero-order valence-corrected chi connectivity index (χ0v) is 16.3. The summed E-state index contributed by atoms with van der Waals surface area (Å²) < 4.78 is 10.5. The Bertz CT molecular complexity index is 741. The van der Waals surface area contributed by atoms with Gasteiger partial charge >= 0.3 is 0 Å². The van der Waals surface area contributed by atoms with Crippen LogP contribution < -0.4 is 14.8 Å². The summed E-state index contributed by atoms with van der Waals surface area (Å²) in [6, 6.07) is 7.52. The van der Waals surface area contributed by atoms with Gasteiger partial charge in [-0.1, -0.05) is 31.5 Å². The summed E-state index contributed by atoms with van der Waals surface area (Å²) in [5, 5.41) is 5.49. The van der Waals surface area contributed by atoms with Gasteiger partial charge in [-0.3, -0.25) is 4.79 Å². The molecule has 0 spiro atoms. The molecule has 1 aromatic carbocycles. The van der Waals surface area contributed by atoms with Crippen molar-refractivity contribution in [3.63, 3.8) is 0 Å². The molecule has 134 valence electrons. The van der Waals surface area contributed by atoms with Gasteiger partial charge in [-0.05, 0) is 41.1 Å². The van der Waals surface area contributed by atoms with Crippen LogP contribution in [0.3, 0.4) is 0 Å². The van der Waals surface area contributed by atoms with E-state index in [1.807, 2.05) is 17.5 Å². The topological polar surface area (TPSA) is 47.6 Å². The van der Waals surface area contributed by atoms with E-state index in [0.717, 1.165) is 10.4 Å². The van der Waals surface area contributed by atoms with E-state index in [-0.39, 0.29) is 11.9 Å². The van der Waals surface area contributed by atoms with Crippen LogP contribution in [0.25, 0.3) is 6.08 Å². The Labute approximate surface area is 157 Å². The average molecular weight is 380 g/mol. The Morgan fingerprint density at radius 2 is 2.04 bits per heavy atom. The number of rotatable bonds is 7. The number of nitrogens with one attached hydrogen (secondary N) is 1. The molecule has 0 radical (unpaired) electrons. The second-order valence-electron chi connectivity index (χ2n) is 5.82. The highest BCUT2D eigenvalue weighted by Gasteiger charge is 2.18. The van der Waals surface area contributed by atoms with Gasteiger partial charge in [-0.2, -0.15) is 0 Å². The van der Waals surface area contributed by atoms with Gasteiger partial charge in [0.05, 0.1) is 25.3 Å². The molecule has 25 heavy (non-hydrogen) atoms. The number of carbonyl (C=O) groups excluding carboxylic acids is 1. The average Bonchev–Trinajstić information content (AvgIpc) is 3.11. The molecule has 1 heterocycles. The number of thiophene rings is 1. The van der Waals surface area contributed by atoms with Crippen molar-refractivity contribution in [3.8, 4) is 11.5 Å². The summed E-state index contributed by atoms with van der Waals surface area (Å²) in [5.41, 5.74) is 0.759. The highest BCUT2D eigenvalue weighted by Crippen LogP contribution is 2.36. The number of halogens is 1. The molecule has 0 saturated carbocycles. The summed E-state index contributed by atoms with van der Waals surface area (Å²) in [7, 11) is 3.08. The molecule has 0 bridgehead atoms. The van der Waals surface area contributed by atoms with E-state index in [9.17, 15) is 4.79 Å². The highest BCUT2D eigenvalue weighted by atomic mass is 35.5. The van der Waals surface area contributed by atoms with Gasteiger partial charge in [-0.25, -0.2) is 0 Å². The predicted octanol–water partition coefficient (Wildman–Crippen LogP) is 4.95. The molecule has 1 amide bonds. The van der Waals surface area contributed by atoms with Crippen molar-refractivity contribution in [2.45, 2.75) is 19.9 Å². The number of hydrogen-bond acceptors (Lipinski definition) is 4. The van der Waals surface area contributed by atoms with Crippen LogP contribution in [0.1, 0.15) is 30.3 Å². The van der Waals surface area contributed by atoms with Crippen molar-refractivity contribution >= 4 is 34.9 Å². The van der Waals surface area contributed by atoms with Crippen LogP contribution in [-0.2, 0) is 4.79 Å². The van der Waals surface area contributed by atoms with Gasteiger partial charge in [0, 0.05) is 11.0 Å². The normalized spacial score (nSPS) is 12.4. The highest BCUT2D eigenvalue weighted by molar-refractivity contribution is 7.10. The molecule has 1 atom stereocenters. The molecular formula is C19H22ClNO3S. The van der Waals surface area contributed by atoms with Gasteiger partial charge in [-0.15, -0.1) is 11.3 Å². The standard InChI is InChI=1S/C19H22ClNO3S/c1-12(2)18(16-6-5-9-25-16)21-17(22)8-7-13-10-14(20)19(24-4)15(11-13)23-3/h5-12,18H,1-4H3,(H,21,22)/b8-7+/t18-/m1/s1. The fourth-order valence-electron chi connectivity index (χ4n) is 2.44. The van der Waals surface area contributed by atoms with E-state index in [2.05, 4.69) is 19.2 Å². The number of methoxy groups -OCH3 is 2. The minimum absolute atomic E-state index is 0.00820. The lowest BCUT2D eigenvalue weighted by Crippen LogP contribution is -2.29. The Balaban J connectivity index is 2.13. The monoisotopic (exact) mass is 379 g/mol. The second-order valence-corrected chi connectivity index (χ2v) is 7.20. The number of ether oxygens (including phenoxy) is 2. The van der Waals surface area contributed by atoms with E-state index in [1.54, 1.807) is 36.7 Å². The minimum atomic E-state index is -0.155. The first kappa shape index (κ1) is 19.3. The van der Waals surface area contributed by atoms with Crippen molar-refractivity contribution in [3.05, 3.63) is 51.2 Å². The van der Waals surface area contributed by atoms with Crippen molar-refractivity contribution in [2.24, 2.45) is 5.92 Å². The van der Waals surface area contributed by atoms with Gasteiger partial charge < -0.3 is 14.8 Å². The van der Waals surface area contributed by atoms with Crippen LogP contribution in [-0.4, -0.2) is 20.1 Å². The maximum atomic E-state index is 12.3. The zero-order valence-electron chi connectivity index (χ0n) is 14.7. The van der Waals surface area contributed by atoms with Gasteiger partial charge in [0.25, 0.3) is 0 Å². The molecule has 2 rings (SSSR count). The Morgan fingerprint density at radius 3 is 2.60 bits per heavy atom. The van der Waals surface area contributed by atoms with Crippen molar-refractivity contribution < 1.29 is 14.3 Å². The Kier molecular flexibility index (Phi) is 6.91. The molecule has 0 saturated heterocycles. The molecule has 1 N–H and O–H groups in total. The molecule has 0 aliphatic heterocycles. The summed E-state index contributed by atoms with van der Waals surface area (Å²) in [6.45, 7) is 4.17. The summed E-state index contributed by atoms with van der Waals surface area (Å²) in [5.74, 6) is 1.14. The van der Waals surface area contributed by atoms with E-state index in [0.29, 0.717) is 22.4 Å². The third kappa shape index (κ3) is 5.00. The van der Waals surface area contributed by atoms with Crippen LogP contribution in [0.5, 0.6) is 11.5 Å². The van der Waals surface area contributed by atoms with Crippen LogP contribution in [0.15, 0.2) is 35.7 Å². The molecule has 2 aromatic rings. The van der Waals surface area contributed by atoms with Gasteiger partial charge in [0.15, 0.2) is 11.5 Å². The smallest absolute Gasteiger partial charge is 0.244 e. The summed E-state index contributed by atoms with van der Waals surface area (Å²) in [6.07, 6.45) is 3.20. The van der Waals surface area contributed by atoms with Gasteiger partial charge in [0.2, 0.25) is 5.91 Å². The maximum absolute atomic E-state index is 12.3. The zero-order chi connectivity index (χ0) is 18.4. The van der Waals surface area contributed by atoms with Gasteiger partial charge in [0.1, 0.15) is 0 Å². The maximum Gasteiger partial charge on any atom is 0.244 e. The number of amides is 1. The van der Waals surface area contributed by atoms with Crippen molar-refractivity contribution in [1.82, 2.24) is 5.32 Å². The van der Waals surface area contributed by atoms with Crippen molar-refractivity contribution in [2.75, 3.05) is 14.2 Å². The molecule has 6 heteroatoms. The first-order chi connectivity index (χ1) is 12.0. The lowest BCUT2D eigenvalue weighted by Gasteiger charge is -2.20. The third-order valence-corrected chi connectivity index (χ3v) is 4.93. The van der Waals surface area contributed by atoms with E-state index in [1.165, 1.54) is 13.2 Å². The quantitative estimate of drug-likeness (QED) is 0.692. The molecule has 4 nitrogen and oxygen atoms in total. The minimum Gasteiger partial charge on any atom is -0.493 e. The van der Waals surface area contributed by atoms with Crippen molar-refractivity contribution in [1.29, 1.82) is 0 Å². The largest absolute Gasteiger partial charge is 0.493 e. The first-order valence-electron chi connectivity index (χ1n) is 7.89. The van der Waals surface area contributed by atoms with Crippen LogP contribution in [0.4, 0.5) is 0 Å². The molecular weight excluding hydrogens is 358 g/mol. The lowest BCUT2D eigenvalue weighted by atomic mass is 10.0. The van der Waals surface area contributed by atoms with E-state index < -0.39 is 0 Å². The Hall–Kier alpha value is -1.98. The Morgan fingerprint density at radius 1 is 1.28 bits per heavy atom. The lowest BCUT2D eigenvalue weighted by molar-refractivity contribution is -0.117. The van der Waals surface area contributed by atoms with E-state index >= 15 is 0 Å². The molecule has 0 unspecified atom stereocenters. The number of carbonyl (C=O) groups is 1. The number of hydrogen-bond donors (Lipinski definition) is 1.